The minimum atomic E-state index is -0.0235. The smallest absolute Gasteiger partial charge is 0.289 e. The van der Waals surface area contributed by atoms with Crippen LogP contribution in [0.1, 0.15) is 23.4 Å². The average Bonchev–Trinajstić information content (AvgIpc) is 3.31. The zero-order valence-electron chi connectivity index (χ0n) is 12.9. The van der Waals surface area contributed by atoms with Crippen LogP contribution in [0.2, 0.25) is 0 Å². The van der Waals surface area contributed by atoms with Crippen molar-refractivity contribution in [2.75, 3.05) is 25.1 Å². The molecule has 4 heterocycles. The fraction of sp³-hybridized carbons (Fsp3) is 0.438. The maximum Gasteiger partial charge on any atom is 0.289 e. The van der Waals surface area contributed by atoms with E-state index in [2.05, 4.69) is 14.9 Å². The van der Waals surface area contributed by atoms with Crippen molar-refractivity contribution in [2.45, 2.75) is 24.9 Å². The van der Waals surface area contributed by atoms with Crippen LogP contribution < -0.4 is 9.64 Å². The molecule has 0 aliphatic carbocycles. The number of carbonyl (C=O) groups excluding carboxylic acids is 1. The summed E-state index contributed by atoms with van der Waals surface area (Å²) in [5.74, 6) is 1.80. The molecule has 0 radical (unpaired) electrons. The van der Waals surface area contributed by atoms with Gasteiger partial charge in [0.1, 0.15) is 12.1 Å². The Balaban J connectivity index is 1.54. The third kappa shape index (κ3) is 2.32. The molecule has 2 aromatic heterocycles. The first kappa shape index (κ1) is 14.0. The zero-order chi connectivity index (χ0) is 15.8. The van der Waals surface area contributed by atoms with Crippen molar-refractivity contribution in [3.05, 3.63) is 36.5 Å². The fourth-order valence-electron chi connectivity index (χ4n) is 3.66. The van der Waals surface area contributed by atoms with E-state index < -0.39 is 0 Å². The van der Waals surface area contributed by atoms with Gasteiger partial charge in [0.15, 0.2) is 5.76 Å². The summed E-state index contributed by atoms with van der Waals surface area (Å²) in [4.78, 5) is 25.2. The van der Waals surface area contributed by atoms with Crippen LogP contribution in [0.5, 0.6) is 5.88 Å². The number of hydrogen-bond acceptors (Lipinski definition) is 6. The third-order valence-corrected chi connectivity index (χ3v) is 4.70. The van der Waals surface area contributed by atoms with Gasteiger partial charge in [-0.3, -0.25) is 4.79 Å². The number of likely N-dealkylation sites (tertiary alicyclic amines) is 1. The maximum atomic E-state index is 12.6. The normalized spacial score (nSPS) is 23.2. The number of fused-ring (bicyclic) bond motifs is 1. The van der Waals surface area contributed by atoms with Crippen molar-refractivity contribution in [3.8, 4) is 5.88 Å². The molecule has 2 fully saturated rings. The van der Waals surface area contributed by atoms with Crippen LogP contribution in [-0.2, 0) is 0 Å². The summed E-state index contributed by atoms with van der Waals surface area (Å²) in [6.45, 7) is 1.62. The molecule has 0 spiro atoms. The summed E-state index contributed by atoms with van der Waals surface area (Å²) < 4.78 is 10.4. The highest BCUT2D eigenvalue weighted by atomic mass is 16.5. The number of furan rings is 1. The first-order valence-corrected chi connectivity index (χ1v) is 7.75. The second-order valence-electron chi connectivity index (χ2n) is 5.80. The van der Waals surface area contributed by atoms with Gasteiger partial charge in [0.05, 0.1) is 25.5 Å². The number of carbonyl (C=O) groups is 1. The molecule has 1 amide bonds. The lowest BCUT2D eigenvalue weighted by molar-refractivity contribution is 0.0705. The molecular formula is C16H18N4O3. The predicted octanol–water partition coefficient (Wildman–Crippen LogP) is 1.57. The highest BCUT2D eigenvalue weighted by Crippen LogP contribution is 2.35. The highest BCUT2D eigenvalue weighted by Gasteiger charge is 2.45. The summed E-state index contributed by atoms with van der Waals surface area (Å²) in [5.41, 5.74) is 0. The molecule has 7 heteroatoms. The van der Waals surface area contributed by atoms with Crippen molar-refractivity contribution >= 4 is 11.7 Å². The molecule has 7 nitrogen and oxygen atoms in total. The Labute approximate surface area is 133 Å². The Kier molecular flexibility index (Phi) is 3.40. The first-order chi connectivity index (χ1) is 11.3. The van der Waals surface area contributed by atoms with Gasteiger partial charge in [-0.2, -0.15) is 0 Å². The maximum absolute atomic E-state index is 12.6. The third-order valence-electron chi connectivity index (χ3n) is 4.70. The van der Waals surface area contributed by atoms with Gasteiger partial charge in [-0.25, -0.2) is 9.97 Å². The number of hydrogen-bond donors (Lipinski definition) is 0. The van der Waals surface area contributed by atoms with Crippen LogP contribution in [0.15, 0.2) is 35.2 Å². The largest absolute Gasteiger partial charge is 0.481 e. The Morgan fingerprint density at radius 3 is 2.96 bits per heavy atom. The molecule has 2 atom stereocenters. The molecule has 2 aliphatic rings. The Bertz CT molecular complexity index is 703. The lowest BCUT2D eigenvalue weighted by atomic mass is 10.1. The first-order valence-electron chi connectivity index (χ1n) is 7.75. The molecule has 2 aromatic rings. The molecule has 4 rings (SSSR count). The summed E-state index contributed by atoms with van der Waals surface area (Å²) in [5, 5.41) is 0. The molecule has 0 aromatic carbocycles. The van der Waals surface area contributed by atoms with Gasteiger partial charge in [0.25, 0.3) is 5.91 Å². The van der Waals surface area contributed by atoms with Crippen molar-refractivity contribution in [1.82, 2.24) is 14.9 Å². The van der Waals surface area contributed by atoms with Crippen LogP contribution in [0.25, 0.3) is 0 Å². The number of ether oxygens (including phenoxy) is 1. The van der Waals surface area contributed by atoms with Gasteiger partial charge in [0.2, 0.25) is 5.88 Å². The van der Waals surface area contributed by atoms with Gasteiger partial charge in [-0.05, 0) is 25.0 Å². The van der Waals surface area contributed by atoms with Gasteiger partial charge in [0, 0.05) is 19.2 Å². The van der Waals surface area contributed by atoms with Crippen LogP contribution in [-0.4, -0.2) is 53.1 Å². The van der Waals surface area contributed by atoms with E-state index in [1.54, 1.807) is 19.2 Å². The molecule has 120 valence electrons. The molecular weight excluding hydrogens is 296 g/mol. The number of rotatable bonds is 3. The van der Waals surface area contributed by atoms with Gasteiger partial charge < -0.3 is 19.0 Å². The zero-order valence-corrected chi connectivity index (χ0v) is 12.9. The molecule has 23 heavy (non-hydrogen) atoms. The van der Waals surface area contributed by atoms with Crippen molar-refractivity contribution in [3.63, 3.8) is 0 Å². The Hall–Kier alpha value is -2.57. The number of anilines is 1. The van der Waals surface area contributed by atoms with E-state index >= 15 is 0 Å². The van der Waals surface area contributed by atoms with E-state index in [0.29, 0.717) is 11.6 Å². The van der Waals surface area contributed by atoms with E-state index in [0.717, 1.165) is 31.7 Å². The minimum absolute atomic E-state index is 0.0235. The molecule has 0 N–H and O–H groups in total. The van der Waals surface area contributed by atoms with Gasteiger partial charge in [-0.15, -0.1) is 0 Å². The molecule has 0 saturated carbocycles. The quantitative estimate of drug-likeness (QED) is 0.856. The highest BCUT2D eigenvalue weighted by molar-refractivity contribution is 5.92. The lowest BCUT2D eigenvalue weighted by Gasteiger charge is -2.25. The topological polar surface area (TPSA) is 71.7 Å². The summed E-state index contributed by atoms with van der Waals surface area (Å²) in [6.07, 6.45) is 4.92. The number of amides is 1. The van der Waals surface area contributed by atoms with E-state index in [4.69, 9.17) is 9.15 Å². The number of methoxy groups -OCH3 is 1. The lowest BCUT2D eigenvalue weighted by Crippen LogP contribution is -2.39. The van der Waals surface area contributed by atoms with Gasteiger partial charge >= 0.3 is 0 Å². The van der Waals surface area contributed by atoms with E-state index in [9.17, 15) is 4.79 Å². The fourth-order valence-corrected chi connectivity index (χ4v) is 3.66. The van der Waals surface area contributed by atoms with Crippen LogP contribution in [0.4, 0.5) is 5.82 Å². The minimum Gasteiger partial charge on any atom is -0.481 e. The average molecular weight is 314 g/mol. The molecule has 2 aliphatic heterocycles. The van der Waals surface area contributed by atoms with Crippen molar-refractivity contribution in [2.24, 2.45) is 0 Å². The van der Waals surface area contributed by atoms with E-state index in [-0.39, 0.29) is 18.0 Å². The van der Waals surface area contributed by atoms with E-state index in [1.807, 2.05) is 11.0 Å². The standard InChI is InChI=1S/C16H18N4O3/c1-22-15-9-14(17-10-18-15)19-6-4-12-11(19)5-7-20(12)16(21)13-3-2-8-23-13/h2-3,8-12H,4-7H2,1H3/t11-,12-/m0/s1. The van der Waals surface area contributed by atoms with Crippen molar-refractivity contribution < 1.29 is 13.9 Å². The SMILES string of the molecule is COc1cc(N2CC[C@H]3[C@@H]2CCN3C(=O)c2ccco2)ncn1. The molecule has 2 saturated heterocycles. The van der Waals surface area contributed by atoms with Crippen LogP contribution in [0, 0.1) is 0 Å². The van der Waals surface area contributed by atoms with Crippen molar-refractivity contribution in [1.29, 1.82) is 0 Å². The Morgan fingerprint density at radius 2 is 2.17 bits per heavy atom. The summed E-state index contributed by atoms with van der Waals surface area (Å²) in [6, 6.07) is 5.80. The molecule has 0 bridgehead atoms. The second kappa shape index (κ2) is 5.57. The number of aromatic nitrogens is 2. The molecule has 0 unspecified atom stereocenters. The monoisotopic (exact) mass is 314 g/mol. The van der Waals surface area contributed by atoms with Crippen LogP contribution in [0.3, 0.4) is 0 Å². The summed E-state index contributed by atoms with van der Waals surface area (Å²) in [7, 11) is 1.60. The second-order valence-corrected chi connectivity index (χ2v) is 5.80. The van der Waals surface area contributed by atoms with Gasteiger partial charge in [-0.1, -0.05) is 0 Å². The number of nitrogens with zero attached hydrogens (tertiary/aromatic N) is 4. The summed E-state index contributed by atoms with van der Waals surface area (Å²) >= 11 is 0. The predicted molar refractivity (Wildman–Crippen MR) is 82.5 cm³/mol. The Morgan fingerprint density at radius 1 is 1.30 bits per heavy atom. The van der Waals surface area contributed by atoms with E-state index in [1.165, 1.54) is 12.6 Å². The van der Waals surface area contributed by atoms with Crippen LogP contribution >= 0.6 is 0 Å².